The lowest BCUT2D eigenvalue weighted by Gasteiger charge is -2.26. The Kier molecular flexibility index (Phi) is 3.17. The molecule has 1 aliphatic rings. The number of ether oxygens (including phenoxy) is 2. The number of rotatable bonds is 3. The Hall–Kier alpha value is -1.96. The van der Waals surface area contributed by atoms with E-state index in [2.05, 4.69) is 0 Å². The van der Waals surface area contributed by atoms with Gasteiger partial charge in [0, 0.05) is 11.6 Å². The Bertz CT molecular complexity index is 636. The lowest BCUT2D eigenvalue weighted by Crippen LogP contribution is -2.27. The molecule has 1 fully saturated rings. The van der Waals surface area contributed by atoms with Crippen molar-refractivity contribution in [1.29, 1.82) is 0 Å². The third kappa shape index (κ3) is 1.96. The Morgan fingerprint density at radius 3 is 2.65 bits per heavy atom. The van der Waals surface area contributed by atoms with E-state index in [0.29, 0.717) is 18.8 Å². The molecule has 0 aliphatic carbocycles. The maximum absolute atomic E-state index is 11.0. The lowest BCUT2D eigenvalue weighted by molar-refractivity contribution is -0.384. The van der Waals surface area contributed by atoms with E-state index in [1.165, 1.54) is 23.5 Å². The fourth-order valence-electron chi connectivity index (χ4n) is 2.24. The number of anilines is 1. The van der Waals surface area contributed by atoms with Gasteiger partial charge in [0.15, 0.2) is 0 Å². The van der Waals surface area contributed by atoms with Crippen LogP contribution in [-0.4, -0.2) is 18.1 Å². The van der Waals surface area contributed by atoms with Gasteiger partial charge < -0.3 is 15.2 Å². The second kappa shape index (κ2) is 4.86. The van der Waals surface area contributed by atoms with E-state index in [0.717, 1.165) is 4.88 Å². The smallest absolute Gasteiger partial charge is 0.292 e. The predicted octanol–water partition coefficient (Wildman–Crippen LogP) is 2.49. The van der Waals surface area contributed by atoms with E-state index in [9.17, 15) is 10.1 Å². The molecule has 0 saturated carbocycles. The number of benzene rings is 1. The summed E-state index contributed by atoms with van der Waals surface area (Å²) in [4.78, 5) is 11.4. The maximum atomic E-state index is 11.0. The van der Waals surface area contributed by atoms with Gasteiger partial charge in [-0.3, -0.25) is 10.1 Å². The maximum Gasteiger partial charge on any atom is 0.292 e. The van der Waals surface area contributed by atoms with E-state index >= 15 is 0 Å². The van der Waals surface area contributed by atoms with Gasteiger partial charge in [-0.15, -0.1) is 11.3 Å². The molecule has 2 N–H and O–H groups in total. The number of thiophene rings is 1. The van der Waals surface area contributed by atoms with Gasteiger partial charge in [0.25, 0.3) is 5.69 Å². The van der Waals surface area contributed by atoms with E-state index in [-0.39, 0.29) is 11.4 Å². The molecule has 7 heteroatoms. The highest BCUT2D eigenvalue weighted by Crippen LogP contribution is 2.42. The fraction of sp³-hybridized carbons (Fsp3) is 0.231. The van der Waals surface area contributed by atoms with Crippen LogP contribution in [-0.2, 0) is 15.3 Å². The second-order valence-corrected chi connectivity index (χ2v) is 5.27. The number of nitro benzene ring substituents is 1. The summed E-state index contributed by atoms with van der Waals surface area (Å²) in [5, 5.41) is 12.9. The summed E-state index contributed by atoms with van der Waals surface area (Å²) in [6, 6.07) is 8.40. The molecule has 1 aromatic carbocycles. The molecule has 0 radical (unpaired) electrons. The van der Waals surface area contributed by atoms with Crippen molar-refractivity contribution in [2.75, 3.05) is 18.9 Å². The largest absolute Gasteiger partial charge is 0.393 e. The molecule has 104 valence electrons. The van der Waals surface area contributed by atoms with E-state index in [1.54, 1.807) is 6.07 Å². The van der Waals surface area contributed by atoms with E-state index < -0.39 is 10.7 Å². The molecule has 0 atom stereocenters. The highest BCUT2D eigenvalue weighted by molar-refractivity contribution is 7.10. The number of nitrogen functional groups attached to an aromatic ring is 1. The van der Waals surface area contributed by atoms with Crippen molar-refractivity contribution in [1.82, 2.24) is 0 Å². The molecule has 2 aromatic rings. The Labute approximate surface area is 118 Å². The predicted molar refractivity (Wildman–Crippen MR) is 74.5 cm³/mol. The number of nitrogens with two attached hydrogens (primary N) is 1. The number of nitro groups is 1. The summed E-state index contributed by atoms with van der Waals surface area (Å²) >= 11 is 1.48. The highest BCUT2D eigenvalue weighted by Gasteiger charge is 2.42. The summed E-state index contributed by atoms with van der Waals surface area (Å²) in [6.45, 7) is 0.881. The molecule has 0 unspecified atom stereocenters. The first kappa shape index (κ1) is 13.0. The quantitative estimate of drug-likeness (QED) is 0.533. The Morgan fingerprint density at radius 1 is 1.30 bits per heavy atom. The van der Waals surface area contributed by atoms with Crippen molar-refractivity contribution in [2.24, 2.45) is 0 Å². The number of nitrogens with zero attached hydrogens (tertiary/aromatic N) is 1. The van der Waals surface area contributed by atoms with Crippen LogP contribution in [0.3, 0.4) is 0 Å². The molecule has 1 saturated heterocycles. The van der Waals surface area contributed by atoms with Crippen molar-refractivity contribution in [3.05, 3.63) is 56.3 Å². The molecule has 0 bridgehead atoms. The summed E-state index contributed by atoms with van der Waals surface area (Å²) in [5.41, 5.74) is 6.19. The van der Waals surface area contributed by atoms with Crippen molar-refractivity contribution >= 4 is 22.7 Å². The minimum absolute atomic E-state index is 0.123. The van der Waals surface area contributed by atoms with Crippen LogP contribution in [0, 0.1) is 10.1 Å². The van der Waals surface area contributed by atoms with Crippen LogP contribution in [0.1, 0.15) is 10.4 Å². The Balaban J connectivity index is 2.14. The molecule has 0 spiro atoms. The zero-order valence-corrected chi connectivity index (χ0v) is 11.3. The molecule has 0 amide bonds. The van der Waals surface area contributed by atoms with Gasteiger partial charge in [-0.2, -0.15) is 0 Å². The van der Waals surface area contributed by atoms with Crippen LogP contribution in [0.2, 0.25) is 0 Å². The summed E-state index contributed by atoms with van der Waals surface area (Å²) in [7, 11) is 0. The molecule has 6 nitrogen and oxygen atoms in total. The van der Waals surface area contributed by atoms with Gasteiger partial charge in [-0.25, -0.2) is 0 Å². The standard InChI is InChI=1S/C13H12N2O4S/c14-10-4-3-9(8-11(10)15(16)17)13(18-5-6-19-13)12-2-1-7-20-12/h1-4,7-8H,5-6,14H2. The Morgan fingerprint density at radius 2 is 2.05 bits per heavy atom. The molecule has 20 heavy (non-hydrogen) atoms. The molecule has 1 aliphatic heterocycles. The van der Waals surface area contributed by atoms with Crippen molar-refractivity contribution in [2.45, 2.75) is 5.79 Å². The second-order valence-electron chi connectivity index (χ2n) is 4.32. The van der Waals surface area contributed by atoms with Gasteiger partial charge in [-0.1, -0.05) is 12.1 Å². The van der Waals surface area contributed by atoms with Gasteiger partial charge >= 0.3 is 0 Å². The van der Waals surface area contributed by atoms with Crippen LogP contribution in [0.15, 0.2) is 35.7 Å². The average molecular weight is 292 g/mol. The van der Waals surface area contributed by atoms with E-state index in [1.807, 2.05) is 17.5 Å². The lowest BCUT2D eigenvalue weighted by atomic mass is 10.0. The molecule has 1 aromatic heterocycles. The van der Waals surface area contributed by atoms with Gasteiger partial charge in [0.1, 0.15) is 5.69 Å². The van der Waals surface area contributed by atoms with Crippen LogP contribution in [0.4, 0.5) is 11.4 Å². The first-order valence-corrected chi connectivity index (χ1v) is 6.88. The topological polar surface area (TPSA) is 87.6 Å². The van der Waals surface area contributed by atoms with Crippen molar-refractivity contribution < 1.29 is 14.4 Å². The SMILES string of the molecule is Nc1ccc(C2(c3cccs3)OCCO2)cc1[N+](=O)[O-]. The fourth-order valence-corrected chi connectivity index (χ4v) is 3.09. The van der Waals surface area contributed by atoms with Crippen LogP contribution >= 0.6 is 11.3 Å². The van der Waals surface area contributed by atoms with E-state index in [4.69, 9.17) is 15.2 Å². The van der Waals surface area contributed by atoms with Crippen LogP contribution in [0.5, 0.6) is 0 Å². The normalized spacial score (nSPS) is 17.2. The average Bonchev–Trinajstić information content (AvgIpc) is 3.10. The molecular weight excluding hydrogens is 280 g/mol. The number of hydrogen-bond donors (Lipinski definition) is 1. The zero-order chi connectivity index (χ0) is 14.2. The summed E-state index contributed by atoms with van der Waals surface area (Å²) < 4.78 is 11.5. The minimum Gasteiger partial charge on any atom is -0.393 e. The van der Waals surface area contributed by atoms with Gasteiger partial charge in [0.05, 0.1) is 23.0 Å². The number of hydrogen-bond acceptors (Lipinski definition) is 6. The highest BCUT2D eigenvalue weighted by atomic mass is 32.1. The first-order valence-electron chi connectivity index (χ1n) is 6.00. The van der Waals surface area contributed by atoms with Crippen LogP contribution in [0.25, 0.3) is 0 Å². The first-order chi connectivity index (χ1) is 9.63. The molecule has 3 rings (SSSR count). The van der Waals surface area contributed by atoms with Gasteiger partial charge in [0.2, 0.25) is 5.79 Å². The summed E-state index contributed by atoms with van der Waals surface area (Å²) in [5.74, 6) is -1.06. The molecular formula is C13H12N2O4S. The molecule has 2 heterocycles. The zero-order valence-electron chi connectivity index (χ0n) is 10.4. The minimum atomic E-state index is -1.06. The van der Waals surface area contributed by atoms with Crippen molar-refractivity contribution in [3.63, 3.8) is 0 Å². The van der Waals surface area contributed by atoms with Crippen LogP contribution < -0.4 is 5.73 Å². The monoisotopic (exact) mass is 292 g/mol. The summed E-state index contributed by atoms with van der Waals surface area (Å²) in [6.07, 6.45) is 0. The van der Waals surface area contributed by atoms with Crippen molar-refractivity contribution in [3.8, 4) is 0 Å². The third-order valence-electron chi connectivity index (χ3n) is 3.15. The van der Waals surface area contributed by atoms with Gasteiger partial charge in [-0.05, 0) is 17.5 Å². The third-order valence-corrected chi connectivity index (χ3v) is 4.10.